The maximum atomic E-state index is 11.1. The van der Waals surface area contributed by atoms with E-state index >= 15 is 0 Å². The number of nitrogens with zero attached hydrogens (tertiary/aromatic N) is 1. The van der Waals surface area contributed by atoms with Gasteiger partial charge in [0.05, 0.1) is 0 Å². The molecule has 0 amide bonds. The van der Waals surface area contributed by atoms with Crippen LogP contribution in [-0.2, 0) is 13.6 Å². The predicted molar refractivity (Wildman–Crippen MR) is 55.1 cm³/mol. The lowest BCUT2D eigenvalue weighted by Crippen LogP contribution is -2.02. The third-order valence-corrected chi connectivity index (χ3v) is 2.30. The van der Waals surface area contributed by atoms with Gasteiger partial charge in [0.15, 0.2) is 0 Å². The molecule has 1 atom stereocenters. The second-order valence-electron chi connectivity index (χ2n) is 2.50. The van der Waals surface area contributed by atoms with E-state index in [1.54, 1.807) is 37.3 Å². The van der Waals surface area contributed by atoms with Crippen LogP contribution < -0.4 is 0 Å². The van der Waals surface area contributed by atoms with Crippen molar-refractivity contribution >= 4 is 14.2 Å². The zero-order chi connectivity index (χ0) is 11.1. The highest BCUT2D eigenvalue weighted by Gasteiger charge is 2.25. The van der Waals surface area contributed by atoms with Gasteiger partial charge in [-0.1, -0.05) is 18.2 Å². The summed E-state index contributed by atoms with van der Waals surface area (Å²) in [4.78, 5) is 0. The van der Waals surface area contributed by atoms with Gasteiger partial charge in [-0.3, -0.25) is 0 Å². The third kappa shape index (κ3) is 3.65. The van der Waals surface area contributed by atoms with Gasteiger partial charge in [-0.2, -0.15) is 0 Å². The largest absolute Gasteiger partial charge is 0.751 e. The van der Waals surface area contributed by atoms with Crippen molar-refractivity contribution in [3.05, 3.63) is 35.9 Å². The van der Waals surface area contributed by atoms with E-state index in [4.69, 9.17) is 14.3 Å². The number of benzene rings is 1. The van der Waals surface area contributed by atoms with Crippen molar-refractivity contribution in [2.24, 2.45) is 5.16 Å². The standard InChI is InChI=1S/C9H10NO4P/c1-2-13-15(12)14-9(10-11)8-6-4-3-5-7-8/h3-7H,2H2,1H3/p+1. The Labute approximate surface area is 88.3 Å². The van der Waals surface area contributed by atoms with Crippen molar-refractivity contribution in [1.29, 1.82) is 0 Å². The summed E-state index contributed by atoms with van der Waals surface area (Å²) in [6.07, 6.45) is 0. The molecule has 0 aliphatic carbocycles. The topological polar surface area (TPSA) is 68.1 Å². The molecule has 6 heteroatoms. The lowest BCUT2D eigenvalue weighted by Gasteiger charge is -1.95. The quantitative estimate of drug-likeness (QED) is 0.282. The van der Waals surface area contributed by atoms with Crippen molar-refractivity contribution in [3.63, 3.8) is 0 Å². The first-order valence-electron chi connectivity index (χ1n) is 4.33. The van der Waals surface area contributed by atoms with Crippen LogP contribution in [0.4, 0.5) is 0 Å². The van der Waals surface area contributed by atoms with Crippen LogP contribution in [0.1, 0.15) is 12.5 Å². The number of hydrogen-bond acceptors (Lipinski definition) is 5. The Kier molecular flexibility index (Phi) is 4.74. The van der Waals surface area contributed by atoms with Gasteiger partial charge in [0.2, 0.25) is 0 Å². The molecule has 0 spiro atoms. The van der Waals surface area contributed by atoms with E-state index in [0.29, 0.717) is 5.56 Å². The summed E-state index contributed by atoms with van der Waals surface area (Å²) in [5.41, 5.74) is 0.531. The van der Waals surface area contributed by atoms with Gasteiger partial charge in [0.1, 0.15) is 6.61 Å². The molecule has 0 fully saturated rings. The van der Waals surface area contributed by atoms with Crippen molar-refractivity contribution in [1.82, 2.24) is 0 Å². The highest BCUT2D eigenvalue weighted by Crippen LogP contribution is 2.25. The Morgan fingerprint density at radius 2 is 2.13 bits per heavy atom. The first kappa shape index (κ1) is 11.6. The third-order valence-electron chi connectivity index (χ3n) is 1.51. The van der Waals surface area contributed by atoms with E-state index < -0.39 is 8.25 Å². The van der Waals surface area contributed by atoms with Crippen LogP contribution in [0, 0.1) is 0 Å². The number of hydrogen-bond donors (Lipinski definition) is 1. The highest BCUT2D eigenvalue weighted by molar-refractivity contribution is 7.34. The molecule has 0 saturated carbocycles. The summed E-state index contributed by atoms with van der Waals surface area (Å²) in [7, 11) is -2.29. The maximum Gasteiger partial charge on any atom is 0.751 e. The SMILES string of the molecule is CCO[P+](=O)OC(=NO)c1ccccc1. The van der Waals surface area contributed by atoms with E-state index in [0.717, 1.165) is 0 Å². The first-order valence-corrected chi connectivity index (χ1v) is 5.43. The molecule has 1 aromatic rings. The molecule has 0 radical (unpaired) electrons. The fraction of sp³-hybridized carbons (Fsp3) is 0.222. The number of rotatable bonds is 4. The lowest BCUT2D eigenvalue weighted by molar-refractivity contribution is 0.278. The van der Waals surface area contributed by atoms with E-state index in [1.165, 1.54) is 0 Å². The Balaban J connectivity index is 2.70. The average Bonchev–Trinajstić information content (AvgIpc) is 2.27. The van der Waals surface area contributed by atoms with Crippen molar-refractivity contribution in [3.8, 4) is 0 Å². The van der Waals surface area contributed by atoms with Crippen molar-refractivity contribution < 1.29 is 18.8 Å². The normalized spacial score (nSPS) is 12.3. The molecular weight excluding hydrogens is 217 g/mol. The zero-order valence-corrected chi connectivity index (χ0v) is 9.05. The smallest absolute Gasteiger partial charge is 0.408 e. The molecule has 5 nitrogen and oxygen atoms in total. The number of oxime groups is 1. The molecule has 1 rings (SSSR count). The van der Waals surface area contributed by atoms with E-state index in [-0.39, 0.29) is 12.5 Å². The highest BCUT2D eigenvalue weighted by atomic mass is 31.1. The zero-order valence-electron chi connectivity index (χ0n) is 8.16. The van der Waals surface area contributed by atoms with Gasteiger partial charge in [-0.15, -0.1) is 4.52 Å². The Hall–Kier alpha value is -1.45. The molecule has 0 bridgehead atoms. The molecular formula is C9H11NO4P+. The Morgan fingerprint density at radius 3 is 2.67 bits per heavy atom. The monoisotopic (exact) mass is 228 g/mol. The fourth-order valence-corrected chi connectivity index (χ4v) is 1.46. The minimum Gasteiger partial charge on any atom is -0.408 e. The fourth-order valence-electron chi connectivity index (χ4n) is 0.912. The van der Waals surface area contributed by atoms with Gasteiger partial charge < -0.3 is 5.21 Å². The van der Waals surface area contributed by atoms with Crippen LogP contribution in [0.5, 0.6) is 0 Å². The Bertz CT molecular complexity index is 352. The van der Waals surface area contributed by atoms with Crippen LogP contribution in [-0.4, -0.2) is 17.7 Å². The molecule has 80 valence electrons. The second kappa shape index (κ2) is 6.11. The summed E-state index contributed by atoms with van der Waals surface area (Å²) in [5.74, 6) is -0.120. The van der Waals surface area contributed by atoms with E-state index in [2.05, 4.69) is 5.16 Å². The lowest BCUT2D eigenvalue weighted by atomic mass is 10.2. The maximum absolute atomic E-state index is 11.1. The molecule has 1 aromatic carbocycles. The van der Waals surface area contributed by atoms with Gasteiger partial charge >= 0.3 is 14.2 Å². The molecule has 0 aromatic heterocycles. The van der Waals surface area contributed by atoms with Crippen LogP contribution >= 0.6 is 8.25 Å². The van der Waals surface area contributed by atoms with Crippen LogP contribution in [0.25, 0.3) is 0 Å². The summed E-state index contributed by atoms with van der Waals surface area (Å²) in [5, 5.41) is 11.6. The molecule has 0 heterocycles. The van der Waals surface area contributed by atoms with E-state index in [9.17, 15) is 4.57 Å². The predicted octanol–water partition coefficient (Wildman–Crippen LogP) is 2.53. The molecule has 0 saturated heterocycles. The molecule has 0 aliphatic heterocycles. The summed E-state index contributed by atoms with van der Waals surface area (Å²) in [6.45, 7) is 1.96. The van der Waals surface area contributed by atoms with Gasteiger partial charge in [-0.25, -0.2) is 4.52 Å². The second-order valence-corrected chi connectivity index (χ2v) is 3.39. The molecule has 1 N–H and O–H groups in total. The minimum atomic E-state index is -2.29. The van der Waals surface area contributed by atoms with Gasteiger partial charge in [0, 0.05) is 10.1 Å². The Morgan fingerprint density at radius 1 is 1.47 bits per heavy atom. The van der Waals surface area contributed by atoms with E-state index in [1.807, 2.05) is 0 Å². The van der Waals surface area contributed by atoms with Crippen LogP contribution in [0.3, 0.4) is 0 Å². The van der Waals surface area contributed by atoms with Gasteiger partial charge in [0.25, 0.3) is 0 Å². The summed E-state index contributed by atoms with van der Waals surface area (Å²) >= 11 is 0. The van der Waals surface area contributed by atoms with Crippen molar-refractivity contribution in [2.75, 3.05) is 6.61 Å². The molecule has 15 heavy (non-hydrogen) atoms. The summed E-state index contributed by atoms with van der Waals surface area (Å²) < 4.78 is 20.6. The minimum absolute atomic E-state index is 0.120. The molecule has 1 unspecified atom stereocenters. The summed E-state index contributed by atoms with van der Waals surface area (Å²) in [6, 6.07) is 8.64. The van der Waals surface area contributed by atoms with Crippen LogP contribution in [0.15, 0.2) is 35.5 Å². The van der Waals surface area contributed by atoms with Gasteiger partial charge in [-0.05, 0) is 24.2 Å². The first-order chi connectivity index (χ1) is 7.27. The average molecular weight is 228 g/mol. The molecule has 0 aliphatic rings. The van der Waals surface area contributed by atoms with Crippen LogP contribution in [0.2, 0.25) is 0 Å². The van der Waals surface area contributed by atoms with Crippen molar-refractivity contribution in [2.45, 2.75) is 6.92 Å².